The molecule has 1 amide bonds. The van der Waals surface area contributed by atoms with E-state index in [1.807, 2.05) is 18.3 Å². The minimum atomic E-state index is 0.290. The second-order valence-electron chi connectivity index (χ2n) is 6.49. The number of thiophene rings is 1. The van der Waals surface area contributed by atoms with Gasteiger partial charge in [0.05, 0.1) is 17.2 Å². The zero-order valence-corrected chi connectivity index (χ0v) is 15.1. The first-order chi connectivity index (χ1) is 11.1. The van der Waals surface area contributed by atoms with Gasteiger partial charge in [-0.05, 0) is 32.4 Å². The Bertz CT molecular complexity index is 723. The van der Waals surface area contributed by atoms with Crippen molar-refractivity contribution < 1.29 is 4.79 Å². The van der Waals surface area contributed by atoms with Crippen LogP contribution in [0.25, 0.3) is 0 Å². The average Bonchev–Trinajstić information content (AvgIpc) is 3.24. The maximum Gasteiger partial charge on any atom is 0.224 e. The van der Waals surface area contributed by atoms with E-state index in [1.165, 1.54) is 9.75 Å². The van der Waals surface area contributed by atoms with E-state index in [2.05, 4.69) is 39.2 Å². The lowest BCUT2D eigenvalue weighted by atomic mass is 10.1. The molecule has 2 atom stereocenters. The number of carbonyl (C=O) groups is 1. The van der Waals surface area contributed by atoms with E-state index in [-0.39, 0.29) is 5.91 Å². The molecule has 0 aliphatic carbocycles. The molecule has 2 aliphatic rings. The molecule has 4 nitrogen and oxygen atoms in total. The summed E-state index contributed by atoms with van der Waals surface area (Å²) in [6, 6.07) is 5.15. The predicted molar refractivity (Wildman–Crippen MR) is 93.7 cm³/mol. The largest absolute Gasteiger partial charge is 0.332 e. The highest BCUT2D eigenvalue weighted by atomic mass is 32.1. The monoisotopic (exact) mass is 347 g/mol. The fourth-order valence-electron chi connectivity index (χ4n) is 3.84. The topological polar surface area (TPSA) is 36.4 Å². The average molecular weight is 348 g/mol. The smallest absolute Gasteiger partial charge is 0.224 e. The van der Waals surface area contributed by atoms with E-state index >= 15 is 0 Å². The molecular weight excluding hydrogens is 326 g/mol. The third-order valence-electron chi connectivity index (χ3n) is 4.88. The number of nitrogens with zero attached hydrogens (tertiary/aromatic N) is 3. The number of hydrogen-bond acceptors (Lipinski definition) is 5. The standard InChI is InChI=1S/C17H21N3OS2/c1-11-3-4-14(23-11)9-19-6-5-15-16(19)7-17(21)20(15)8-13-10-22-12(2)18-13/h3-4,10,15-16H,5-9H2,1-2H3. The van der Waals surface area contributed by atoms with Crippen LogP contribution in [0, 0.1) is 13.8 Å². The Labute approximate surface area is 144 Å². The van der Waals surface area contributed by atoms with Gasteiger partial charge < -0.3 is 4.90 Å². The minimum absolute atomic E-state index is 0.290. The summed E-state index contributed by atoms with van der Waals surface area (Å²) in [5.41, 5.74) is 1.04. The number of thiazole rings is 1. The second kappa shape index (κ2) is 6.00. The van der Waals surface area contributed by atoms with Gasteiger partial charge in [-0.25, -0.2) is 4.98 Å². The van der Waals surface area contributed by atoms with Crippen molar-refractivity contribution in [3.8, 4) is 0 Å². The Balaban J connectivity index is 1.46. The second-order valence-corrected chi connectivity index (χ2v) is 8.92. The van der Waals surface area contributed by atoms with Crippen LogP contribution < -0.4 is 0 Å². The van der Waals surface area contributed by atoms with Gasteiger partial charge in [0.1, 0.15) is 0 Å². The van der Waals surface area contributed by atoms with Crippen LogP contribution in [-0.4, -0.2) is 39.3 Å². The molecule has 2 saturated heterocycles. The Morgan fingerprint density at radius 3 is 2.83 bits per heavy atom. The van der Waals surface area contributed by atoms with Crippen molar-refractivity contribution in [3.05, 3.63) is 38.0 Å². The van der Waals surface area contributed by atoms with Gasteiger partial charge in [0.2, 0.25) is 5.91 Å². The van der Waals surface area contributed by atoms with E-state index in [4.69, 9.17) is 0 Å². The van der Waals surface area contributed by atoms with Crippen LogP contribution in [0.2, 0.25) is 0 Å². The highest BCUT2D eigenvalue weighted by Crippen LogP contribution is 2.35. The lowest BCUT2D eigenvalue weighted by Crippen LogP contribution is -2.36. The molecule has 0 radical (unpaired) electrons. The van der Waals surface area contributed by atoms with Crippen LogP contribution >= 0.6 is 22.7 Å². The number of hydrogen-bond donors (Lipinski definition) is 0. The molecule has 0 bridgehead atoms. The summed E-state index contributed by atoms with van der Waals surface area (Å²) in [6.45, 7) is 6.92. The molecule has 0 spiro atoms. The summed E-state index contributed by atoms with van der Waals surface area (Å²) in [6.07, 6.45) is 1.75. The Morgan fingerprint density at radius 2 is 2.13 bits per heavy atom. The molecule has 2 unspecified atom stereocenters. The fraction of sp³-hybridized carbons (Fsp3) is 0.529. The molecule has 23 heavy (non-hydrogen) atoms. The number of rotatable bonds is 4. The fourth-order valence-corrected chi connectivity index (χ4v) is 5.36. The van der Waals surface area contributed by atoms with Gasteiger partial charge in [-0.2, -0.15) is 0 Å². The zero-order valence-electron chi connectivity index (χ0n) is 13.5. The van der Waals surface area contributed by atoms with Crippen molar-refractivity contribution in [2.24, 2.45) is 0 Å². The summed E-state index contributed by atoms with van der Waals surface area (Å²) >= 11 is 3.53. The van der Waals surface area contributed by atoms with Crippen molar-refractivity contribution >= 4 is 28.6 Å². The van der Waals surface area contributed by atoms with Crippen LogP contribution in [0.15, 0.2) is 17.5 Å². The number of carbonyl (C=O) groups excluding carboxylic acids is 1. The predicted octanol–water partition coefficient (Wildman–Crippen LogP) is 3.20. The zero-order chi connectivity index (χ0) is 16.0. The van der Waals surface area contributed by atoms with E-state index in [0.717, 1.165) is 30.2 Å². The number of aromatic nitrogens is 1. The van der Waals surface area contributed by atoms with Gasteiger partial charge in [-0.3, -0.25) is 9.69 Å². The maximum absolute atomic E-state index is 12.5. The van der Waals surface area contributed by atoms with Gasteiger partial charge >= 0.3 is 0 Å². The number of aryl methyl sites for hydroxylation is 2. The lowest BCUT2D eigenvalue weighted by molar-refractivity contribution is -0.129. The number of fused-ring (bicyclic) bond motifs is 1. The summed E-state index contributed by atoms with van der Waals surface area (Å²) < 4.78 is 0. The SMILES string of the molecule is Cc1ccc(CN2CCC3C2CC(=O)N3Cc2csc(C)n2)s1. The maximum atomic E-state index is 12.5. The van der Waals surface area contributed by atoms with Crippen LogP contribution in [0.3, 0.4) is 0 Å². The molecule has 2 aromatic heterocycles. The van der Waals surface area contributed by atoms with E-state index in [1.54, 1.807) is 11.3 Å². The summed E-state index contributed by atoms with van der Waals surface area (Å²) in [5, 5.41) is 3.15. The highest BCUT2D eigenvalue weighted by Gasteiger charge is 2.46. The number of likely N-dealkylation sites (tertiary alicyclic amines) is 2. The van der Waals surface area contributed by atoms with Gasteiger partial charge in [0.25, 0.3) is 0 Å². The van der Waals surface area contributed by atoms with Gasteiger partial charge in [0.15, 0.2) is 0 Å². The van der Waals surface area contributed by atoms with Crippen molar-refractivity contribution in [1.82, 2.24) is 14.8 Å². The van der Waals surface area contributed by atoms with Crippen LogP contribution in [-0.2, 0) is 17.9 Å². The van der Waals surface area contributed by atoms with E-state index in [0.29, 0.717) is 25.0 Å². The molecule has 2 aliphatic heterocycles. The van der Waals surface area contributed by atoms with Gasteiger partial charge in [-0.15, -0.1) is 22.7 Å². The molecule has 122 valence electrons. The Morgan fingerprint density at radius 1 is 1.26 bits per heavy atom. The number of amides is 1. The molecular formula is C17H21N3OS2. The molecule has 2 aromatic rings. The van der Waals surface area contributed by atoms with E-state index < -0.39 is 0 Å². The molecule has 4 rings (SSSR count). The Hall–Kier alpha value is -1.24. The van der Waals surface area contributed by atoms with E-state index in [9.17, 15) is 4.79 Å². The molecule has 0 aromatic carbocycles. The summed E-state index contributed by atoms with van der Waals surface area (Å²) in [7, 11) is 0. The van der Waals surface area contributed by atoms with Crippen molar-refractivity contribution in [1.29, 1.82) is 0 Å². The summed E-state index contributed by atoms with van der Waals surface area (Å²) in [4.78, 5) is 24.3. The van der Waals surface area contributed by atoms with Crippen molar-refractivity contribution in [2.45, 2.75) is 51.9 Å². The van der Waals surface area contributed by atoms with Crippen molar-refractivity contribution in [3.63, 3.8) is 0 Å². The van der Waals surface area contributed by atoms with Crippen LogP contribution in [0.5, 0.6) is 0 Å². The van der Waals surface area contributed by atoms with Gasteiger partial charge in [-0.1, -0.05) is 0 Å². The normalized spacial score (nSPS) is 24.6. The quantitative estimate of drug-likeness (QED) is 0.852. The van der Waals surface area contributed by atoms with Crippen molar-refractivity contribution in [2.75, 3.05) is 6.54 Å². The molecule has 0 saturated carbocycles. The van der Waals surface area contributed by atoms with Gasteiger partial charge in [0, 0.05) is 46.7 Å². The third kappa shape index (κ3) is 2.95. The minimum Gasteiger partial charge on any atom is -0.332 e. The molecule has 2 fully saturated rings. The third-order valence-corrected chi connectivity index (χ3v) is 6.69. The highest BCUT2D eigenvalue weighted by molar-refractivity contribution is 7.11. The summed E-state index contributed by atoms with van der Waals surface area (Å²) in [5.74, 6) is 0.290. The first-order valence-corrected chi connectivity index (χ1v) is 9.79. The molecule has 0 N–H and O–H groups in total. The molecule has 6 heteroatoms. The molecule has 4 heterocycles. The lowest BCUT2D eigenvalue weighted by Gasteiger charge is -2.24. The first kappa shape index (κ1) is 15.3. The Kier molecular flexibility index (Phi) is 3.99. The van der Waals surface area contributed by atoms with Crippen LogP contribution in [0.4, 0.5) is 0 Å². The van der Waals surface area contributed by atoms with Crippen LogP contribution in [0.1, 0.15) is 33.3 Å². The first-order valence-electron chi connectivity index (χ1n) is 8.10.